The molecule has 4 aromatic carbocycles. The highest BCUT2D eigenvalue weighted by Gasteiger charge is 2.25. The monoisotopic (exact) mass is 695 g/mol. The summed E-state index contributed by atoms with van der Waals surface area (Å²) in [5.41, 5.74) is 5.43. The third-order valence-corrected chi connectivity index (χ3v) is 8.49. The van der Waals surface area contributed by atoms with Crippen molar-refractivity contribution in [3.63, 3.8) is 0 Å². The van der Waals surface area contributed by atoms with Crippen molar-refractivity contribution in [1.82, 2.24) is 10.5 Å². The first-order valence-electron chi connectivity index (χ1n) is 16.4. The van der Waals surface area contributed by atoms with E-state index in [9.17, 15) is 4.79 Å². The van der Waals surface area contributed by atoms with Gasteiger partial charge in [0.05, 0.1) is 54.3 Å². The summed E-state index contributed by atoms with van der Waals surface area (Å²) in [6.45, 7) is 2.87. The lowest BCUT2D eigenvalue weighted by Gasteiger charge is -2.28. The first-order chi connectivity index (χ1) is 24.8. The number of nitrogens with one attached hydrogen (secondary N) is 2. The standard InChI is InChI=1S/C39H41N3O9/c1-23-9-12-28-27(17-23)39(43)41-38(40-28)25-11-14-31(33(19-25)45-3)49-15-7-8-16-50-34-18-24(10-13-30(34)44-2)32-22-29(42-51-32)26-20-35(46-4)37(48-6)36(21-26)47-5/h9-14,17-22,38,40H,7-8,15-16H2,1-6H3,(H,41,43). The van der Waals surface area contributed by atoms with Crippen molar-refractivity contribution >= 4 is 11.6 Å². The zero-order chi connectivity index (χ0) is 35.9. The molecule has 266 valence electrons. The van der Waals surface area contributed by atoms with Crippen LogP contribution in [0.15, 0.2) is 77.3 Å². The second kappa shape index (κ2) is 15.7. The molecular weight excluding hydrogens is 654 g/mol. The third-order valence-electron chi connectivity index (χ3n) is 8.49. The lowest BCUT2D eigenvalue weighted by Crippen LogP contribution is -2.38. The number of ether oxygens (including phenoxy) is 7. The molecule has 1 aliphatic heterocycles. The Bertz CT molecular complexity index is 1980. The summed E-state index contributed by atoms with van der Waals surface area (Å²) in [6.07, 6.45) is 1.08. The van der Waals surface area contributed by atoms with Gasteiger partial charge >= 0.3 is 0 Å². The largest absolute Gasteiger partial charge is 0.493 e. The number of methoxy groups -OCH3 is 5. The fourth-order valence-electron chi connectivity index (χ4n) is 5.81. The van der Waals surface area contributed by atoms with Crippen LogP contribution in [-0.2, 0) is 0 Å². The van der Waals surface area contributed by atoms with Crippen LogP contribution < -0.4 is 43.8 Å². The normalized spacial score (nSPS) is 13.4. The molecule has 2 heterocycles. The van der Waals surface area contributed by atoms with Crippen LogP contribution in [0.2, 0.25) is 0 Å². The van der Waals surface area contributed by atoms with Gasteiger partial charge in [0.25, 0.3) is 5.91 Å². The SMILES string of the molecule is COc1cc(C2NC(=O)c3cc(C)ccc3N2)ccc1OCCCCOc1cc(-c2cc(-c3cc(OC)c(OC)c(OC)c3)no2)ccc1OC. The number of hydrogen-bond acceptors (Lipinski definition) is 11. The van der Waals surface area contributed by atoms with Crippen LogP contribution in [0.3, 0.4) is 0 Å². The Labute approximate surface area is 296 Å². The second-order valence-electron chi connectivity index (χ2n) is 11.8. The molecule has 0 bridgehead atoms. The van der Waals surface area contributed by atoms with E-state index in [0.29, 0.717) is 70.5 Å². The summed E-state index contributed by atoms with van der Waals surface area (Å²) in [6, 6.07) is 22.5. The van der Waals surface area contributed by atoms with Crippen molar-refractivity contribution < 1.29 is 42.5 Å². The van der Waals surface area contributed by atoms with Gasteiger partial charge in [-0.15, -0.1) is 0 Å². The van der Waals surface area contributed by atoms with E-state index in [2.05, 4.69) is 15.8 Å². The Hall–Kier alpha value is -6.04. The minimum absolute atomic E-state index is 0.122. The molecule has 12 heteroatoms. The van der Waals surface area contributed by atoms with Crippen molar-refractivity contribution in [1.29, 1.82) is 0 Å². The number of rotatable bonds is 15. The smallest absolute Gasteiger partial charge is 0.255 e. The molecule has 0 fully saturated rings. The maximum absolute atomic E-state index is 12.7. The van der Waals surface area contributed by atoms with E-state index in [1.165, 1.54) is 0 Å². The fraction of sp³-hybridized carbons (Fsp3) is 0.282. The maximum Gasteiger partial charge on any atom is 0.255 e. The fourth-order valence-corrected chi connectivity index (χ4v) is 5.81. The van der Waals surface area contributed by atoms with Gasteiger partial charge in [-0.3, -0.25) is 4.79 Å². The molecule has 1 amide bonds. The Kier molecular flexibility index (Phi) is 10.7. The first kappa shape index (κ1) is 34.8. The summed E-state index contributed by atoms with van der Waals surface area (Å²) in [5, 5.41) is 10.7. The molecular formula is C39H41N3O9. The topological polar surface area (TPSA) is 132 Å². The van der Waals surface area contributed by atoms with Gasteiger partial charge in [-0.25, -0.2) is 0 Å². The van der Waals surface area contributed by atoms with Crippen LogP contribution >= 0.6 is 0 Å². The van der Waals surface area contributed by atoms with Gasteiger partial charge in [0.1, 0.15) is 11.9 Å². The van der Waals surface area contributed by atoms with E-state index in [1.54, 1.807) is 35.5 Å². The van der Waals surface area contributed by atoms with Gasteiger partial charge < -0.3 is 48.3 Å². The number of aromatic nitrogens is 1. The van der Waals surface area contributed by atoms with E-state index in [0.717, 1.165) is 40.8 Å². The summed E-state index contributed by atoms with van der Waals surface area (Å²) in [5.74, 6) is 4.35. The van der Waals surface area contributed by atoms with E-state index in [-0.39, 0.29) is 5.91 Å². The second-order valence-corrected chi connectivity index (χ2v) is 11.8. The average Bonchev–Trinajstić information content (AvgIpc) is 3.66. The van der Waals surface area contributed by atoms with Crippen molar-refractivity contribution in [3.8, 4) is 62.8 Å². The zero-order valence-corrected chi connectivity index (χ0v) is 29.5. The van der Waals surface area contributed by atoms with E-state index in [1.807, 2.05) is 79.7 Å². The van der Waals surface area contributed by atoms with Gasteiger partial charge in [0, 0.05) is 22.9 Å². The summed E-state index contributed by atoms with van der Waals surface area (Å²) in [4.78, 5) is 12.7. The molecule has 1 aromatic heterocycles. The quantitative estimate of drug-likeness (QED) is 0.106. The van der Waals surface area contributed by atoms with Crippen molar-refractivity contribution in [3.05, 3.63) is 89.5 Å². The molecule has 0 saturated heterocycles. The van der Waals surface area contributed by atoms with Gasteiger partial charge in [-0.05, 0) is 79.9 Å². The maximum atomic E-state index is 12.7. The summed E-state index contributed by atoms with van der Waals surface area (Å²) >= 11 is 0. The van der Waals surface area contributed by atoms with Crippen LogP contribution in [0, 0.1) is 6.92 Å². The third kappa shape index (κ3) is 7.59. The highest BCUT2D eigenvalue weighted by Crippen LogP contribution is 2.42. The number of amides is 1. The minimum Gasteiger partial charge on any atom is -0.493 e. The molecule has 6 rings (SSSR count). The molecule has 1 atom stereocenters. The lowest BCUT2D eigenvalue weighted by molar-refractivity contribution is 0.0935. The Morgan fingerprint density at radius 3 is 2.00 bits per heavy atom. The average molecular weight is 696 g/mol. The Balaban J connectivity index is 1.04. The van der Waals surface area contributed by atoms with Crippen LogP contribution in [0.5, 0.6) is 40.2 Å². The summed E-state index contributed by atoms with van der Waals surface area (Å²) < 4.78 is 45.5. The van der Waals surface area contributed by atoms with Crippen LogP contribution in [0.1, 0.15) is 40.5 Å². The number of anilines is 1. The predicted molar refractivity (Wildman–Crippen MR) is 192 cm³/mol. The lowest BCUT2D eigenvalue weighted by atomic mass is 10.0. The Morgan fingerprint density at radius 2 is 1.31 bits per heavy atom. The molecule has 5 aromatic rings. The van der Waals surface area contributed by atoms with E-state index < -0.39 is 6.17 Å². The number of benzene rings is 4. The van der Waals surface area contributed by atoms with Gasteiger partial charge in [-0.1, -0.05) is 22.9 Å². The molecule has 1 unspecified atom stereocenters. The number of fused-ring (bicyclic) bond motifs is 1. The number of carbonyl (C=O) groups excluding carboxylic acids is 1. The van der Waals surface area contributed by atoms with E-state index in [4.69, 9.17) is 37.7 Å². The van der Waals surface area contributed by atoms with Gasteiger partial charge in [0.2, 0.25) is 5.75 Å². The predicted octanol–water partition coefficient (Wildman–Crippen LogP) is 7.45. The van der Waals surface area contributed by atoms with Crippen molar-refractivity contribution in [2.75, 3.05) is 54.1 Å². The number of unbranched alkanes of at least 4 members (excludes halogenated alkanes) is 1. The molecule has 0 spiro atoms. The molecule has 0 aliphatic carbocycles. The number of carbonyl (C=O) groups is 1. The molecule has 1 aliphatic rings. The molecule has 0 saturated carbocycles. The molecule has 2 N–H and O–H groups in total. The minimum atomic E-state index is -0.393. The molecule has 0 radical (unpaired) electrons. The molecule has 12 nitrogen and oxygen atoms in total. The van der Waals surface area contributed by atoms with Gasteiger partial charge in [0.15, 0.2) is 40.3 Å². The highest BCUT2D eigenvalue weighted by atomic mass is 16.5. The first-order valence-corrected chi connectivity index (χ1v) is 16.4. The zero-order valence-electron chi connectivity index (χ0n) is 29.5. The number of hydrogen-bond donors (Lipinski definition) is 2. The van der Waals surface area contributed by atoms with Crippen LogP contribution in [0.25, 0.3) is 22.6 Å². The van der Waals surface area contributed by atoms with Crippen molar-refractivity contribution in [2.45, 2.75) is 25.9 Å². The number of aryl methyl sites for hydroxylation is 1. The highest BCUT2D eigenvalue weighted by molar-refractivity contribution is 6.02. The van der Waals surface area contributed by atoms with Crippen molar-refractivity contribution in [2.24, 2.45) is 0 Å². The van der Waals surface area contributed by atoms with E-state index >= 15 is 0 Å². The molecule has 51 heavy (non-hydrogen) atoms. The summed E-state index contributed by atoms with van der Waals surface area (Å²) in [7, 11) is 7.89. The van der Waals surface area contributed by atoms with Gasteiger partial charge in [-0.2, -0.15) is 0 Å². The Morgan fingerprint density at radius 1 is 0.647 bits per heavy atom. The van der Waals surface area contributed by atoms with Crippen LogP contribution in [0.4, 0.5) is 5.69 Å². The van der Waals surface area contributed by atoms with Crippen LogP contribution in [-0.4, -0.2) is 59.8 Å². The number of nitrogens with zero attached hydrogens (tertiary/aromatic N) is 1.